The molecule has 1 fully saturated rings. The molecular formula is C35H49Cl3N4O6. The fourth-order valence-electron chi connectivity index (χ4n) is 4.96. The molecule has 48 heavy (non-hydrogen) atoms. The van der Waals surface area contributed by atoms with Crippen LogP contribution < -0.4 is 16.1 Å². The van der Waals surface area contributed by atoms with Crippen LogP contribution in [0.25, 0.3) is 5.57 Å². The van der Waals surface area contributed by atoms with Crippen LogP contribution in [0.1, 0.15) is 72.4 Å². The number of rotatable bonds is 15. The Kier molecular flexibility index (Phi) is 16.5. The first-order chi connectivity index (χ1) is 22.5. The van der Waals surface area contributed by atoms with E-state index in [1.54, 1.807) is 27.7 Å². The quantitative estimate of drug-likeness (QED) is 0.0684. The number of amides is 3. The molecule has 2 rings (SSSR count). The number of hydrazine groups is 1. The van der Waals surface area contributed by atoms with Gasteiger partial charge in [0.05, 0.1) is 5.76 Å². The summed E-state index contributed by atoms with van der Waals surface area (Å²) in [5, 5.41) is 6.71. The van der Waals surface area contributed by atoms with Gasteiger partial charge in [0, 0.05) is 6.54 Å². The van der Waals surface area contributed by atoms with Gasteiger partial charge < -0.3 is 20.1 Å². The number of allylic oxidation sites excluding steroid dienone is 5. The van der Waals surface area contributed by atoms with Gasteiger partial charge in [-0.15, -0.1) is 6.58 Å². The predicted molar refractivity (Wildman–Crippen MR) is 191 cm³/mol. The average Bonchev–Trinajstić information content (AvgIpc) is 3.04. The SMILES string of the molecule is C=C[C@H](C)/C(=C\C=C(/C)OC(C)C(=O)N[C@H](C(=O)N[C@@H](C)C(=O)N1CCCC(C(=O)OCC(Cl)(Cl)Cl)N1)C(C)C)c1cccc(CC)c1. The molecule has 1 aliphatic heterocycles. The molecule has 10 nitrogen and oxygen atoms in total. The van der Waals surface area contributed by atoms with E-state index in [2.05, 4.69) is 54.7 Å². The molecule has 3 amide bonds. The van der Waals surface area contributed by atoms with E-state index < -0.39 is 58.3 Å². The zero-order valence-corrected chi connectivity index (χ0v) is 31.0. The van der Waals surface area contributed by atoms with Crippen molar-refractivity contribution in [1.29, 1.82) is 0 Å². The normalized spacial score (nSPS) is 18.3. The van der Waals surface area contributed by atoms with Crippen LogP contribution in [0, 0.1) is 11.8 Å². The van der Waals surface area contributed by atoms with Crippen molar-refractivity contribution in [2.24, 2.45) is 11.8 Å². The van der Waals surface area contributed by atoms with Crippen molar-refractivity contribution in [3.05, 3.63) is 66.0 Å². The van der Waals surface area contributed by atoms with Gasteiger partial charge in [-0.1, -0.05) is 98.9 Å². The zero-order valence-electron chi connectivity index (χ0n) is 28.8. The Morgan fingerprint density at radius 1 is 1.08 bits per heavy atom. The number of alkyl halides is 3. The van der Waals surface area contributed by atoms with Crippen LogP contribution in [-0.2, 0) is 35.1 Å². The second kappa shape index (κ2) is 19.2. The van der Waals surface area contributed by atoms with Gasteiger partial charge in [0.1, 0.15) is 24.7 Å². The summed E-state index contributed by atoms with van der Waals surface area (Å²) in [5.74, 6) is -1.83. The van der Waals surface area contributed by atoms with Crippen LogP contribution in [-0.4, -0.2) is 69.9 Å². The summed E-state index contributed by atoms with van der Waals surface area (Å²) in [7, 11) is 0. The van der Waals surface area contributed by atoms with Gasteiger partial charge in [-0.2, -0.15) is 0 Å². The van der Waals surface area contributed by atoms with E-state index in [-0.39, 0.29) is 11.8 Å². The molecule has 1 heterocycles. The van der Waals surface area contributed by atoms with Crippen molar-refractivity contribution in [2.45, 2.75) is 95.8 Å². The molecule has 2 unspecified atom stereocenters. The van der Waals surface area contributed by atoms with E-state index in [1.807, 2.05) is 24.3 Å². The Hall–Kier alpha value is -3.05. The third-order valence-electron chi connectivity index (χ3n) is 7.83. The molecule has 0 bridgehead atoms. The van der Waals surface area contributed by atoms with E-state index in [1.165, 1.54) is 17.5 Å². The number of aryl methyl sites for hydroxylation is 1. The molecule has 3 N–H and O–H groups in total. The third-order valence-corrected chi connectivity index (χ3v) is 8.16. The highest BCUT2D eigenvalue weighted by Gasteiger charge is 2.34. The topological polar surface area (TPSA) is 126 Å². The van der Waals surface area contributed by atoms with Gasteiger partial charge in [0.25, 0.3) is 11.8 Å². The summed E-state index contributed by atoms with van der Waals surface area (Å²) in [6.07, 6.45) is 6.62. The number of ether oxygens (including phenoxy) is 2. The largest absolute Gasteiger partial charge is 0.486 e. The van der Waals surface area contributed by atoms with Crippen LogP contribution in [0.4, 0.5) is 0 Å². The molecule has 0 spiro atoms. The van der Waals surface area contributed by atoms with Crippen LogP contribution in [0.5, 0.6) is 0 Å². The summed E-state index contributed by atoms with van der Waals surface area (Å²) in [5.41, 5.74) is 6.21. The highest BCUT2D eigenvalue weighted by molar-refractivity contribution is 6.67. The summed E-state index contributed by atoms with van der Waals surface area (Å²) in [6.45, 7) is 16.5. The third kappa shape index (κ3) is 13.1. The Morgan fingerprint density at radius 2 is 1.77 bits per heavy atom. The number of hydrogen-bond acceptors (Lipinski definition) is 7. The molecule has 0 saturated carbocycles. The minimum atomic E-state index is -1.76. The number of hydrogen-bond donors (Lipinski definition) is 3. The molecule has 0 radical (unpaired) electrons. The average molecular weight is 728 g/mol. The number of nitrogens with one attached hydrogen (secondary N) is 3. The number of benzene rings is 1. The smallest absolute Gasteiger partial charge is 0.325 e. The molecule has 266 valence electrons. The summed E-state index contributed by atoms with van der Waals surface area (Å²) < 4.78 is 9.18. The lowest BCUT2D eigenvalue weighted by atomic mass is 9.92. The molecule has 13 heteroatoms. The van der Waals surface area contributed by atoms with Gasteiger partial charge in [-0.05, 0) is 74.6 Å². The summed E-state index contributed by atoms with van der Waals surface area (Å²) in [6, 6.07) is 5.62. The Balaban J connectivity index is 2.02. The minimum Gasteiger partial charge on any atom is -0.486 e. The van der Waals surface area contributed by atoms with Gasteiger partial charge in [-0.25, -0.2) is 5.43 Å². The maximum atomic E-state index is 13.3. The van der Waals surface area contributed by atoms with E-state index in [0.29, 0.717) is 25.1 Å². The van der Waals surface area contributed by atoms with E-state index in [0.717, 1.165) is 17.6 Å². The first-order valence-electron chi connectivity index (χ1n) is 16.2. The molecule has 0 aliphatic carbocycles. The van der Waals surface area contributed by atoms with Crippen LogP contribution in [0.15, 0.2) is 54.8 Å². The lowest BCUT2D eigenvalue weighted by molar-refractivity contribution is -0.152. The number of nitrogens with zero attached hydrogens (tertiary/aromatic N) is 1. The number of halogens is 3. The second-order valence-electron chi connectivity index (χ2n) is 12.2. The van der Waals surface area contributed by atoms with Gasteiger partial charge in [0.15, 0.2) is 6.10 Å². The monoisotopic (exact) mass is 726 g/mol. The summed E-state index contributed by atoms with van der Waals surface area (Å²) in [4.78, 5) is 52.0. The van der Waals surface area contributed by atoms with Gasteiger partial charge in [-0.3, -0.25) is 24.2 Å². The lowest BCUT2D eigenvalue weighted by Gasteiger charge is -2.34. The lowest BCUT2D eigenvalue weighted by Crippen LogP contribution is -2.61. The number of esters is 1. The minimum absolute atomic E-state index is 0.0874. The van der Waals surface area contributed by atoms with E-state index in [4.69, 9.17) is 44.3 Å². The highest BCUT2D eigenvalue weighted by Crippen LogP contribution is 2.27. The summed E-state index contributed by atoms with van der Waals surface area (Å²) >= 11 is 17.0. The van der Waals surface area contributed by atoms with E-state index >= 15 is 0 Å². The van der Waals surface area contributed by atoms with Crippen molar-refractivity contribution < 1.29 is 28.7 Å². The van der Waals surface area contributed by atoms with Crippen molar-refractivity contribution in [2.75, 3.05) is 13.2 Å². The standard InChI is InChI=1S/C35H49Cl3N4O6/c1-9-22(5)28(27-14-11-13-26(10-2)19-27)17-16-23(6)48-25(8)31(43)40-30(21(3)4)32(44)39-24(7)33(45)42-18-12-15-29(41-42)34(46)47-20-35(36,37)38/h9,11,13-14,16-17,19,21-22,24-25,29-30,41H,1,10,12,15,18,20H2,2-8H3,(H,39,44)(H,40,43)/b23-16+,28-17+/t22-,24-,25?,29?,30-/m0/s1. The molecule has 1 aliphatic rings. The Morgan fingerprint density at radius 3 is 2.38 bits per heavy atom. The predicted octanol–water partition coefficient (Wildman–Crippen LogP) is 5.82. The zero-order chi connectivity index (χ0) is 36.2. The number of carbonyl (C=O) groups is 4. The molecule has 0 aromatic heterocycles. The molecule has 5 atom stereocenters. The Bertz CT molecular complexity index is 1360. The van der Waals surface area contributed by atoms with Crippen LogP contribution in [0.2, 0.25) is 0 Å². The Labute approximate surface area is 299 Å². The van der Waals surface area contributed by atoms with Gasteiger partial charge in [0.2, 0.25) is 9.70 Å². The van der Waals surface area contributed by atoms with Crippen LogP contribution in [0.3, 0.4) is 0 Å². The van der Waals surface area contributed by atoms with Crippen molar-refractivity contribution in [3.8, 4) is 0 Å². The van der Waals surface area contributed by atoms with Gasteiger partial charge >= 0.3 is 5.97 Å². The fourth-order valence-corrected chi connectivity index (χ4v) is 5.12. The first-order valence-corrected chi connectivity index (χ1v) is 17.3. The highest BCUT2D eigenvalue weighted by atomic mass is 35.6. The van der Waals surface area contributed by atoms with E-state index in [9.17, 15) is 19.2 Å². The second-order valence-corrected chi connectivity index (χ2v) is 14.8. The molecule has 1 aromatic rings. The first kappa shape index (κ1) is 41.1. The maximum absolute atomic E-state index is 13.3. The fraction of sp³-hybridized carbons (Fsp3) is 0.543. The molecule has 1 aromatic carbocycles. The van der Waals surface area contributed by atoms with Crippen LogP contribution >= 0.6 is 34.8 Å². The van der Waals surface area contributed by atoms with Crippen molar-refractivity contribution in [3.63, 3.8) is 0 Å². The molecule has 1 saturated heterocycles. The van der Waals surface area contributed by atoms with Crippen molar-refractivity contribution >= 4 is 64.1 Å². The maximum Gasteiger partial charge on any atom is 0.325 e. The number of carbonyl (C=O) groups excluding carboxylic acids is 4. The van der Waals surface area contributed by atoms with Crippen molar-refractivity contribution in [1.82, 2.24) is 21.1 Å². The molecular weight excluding hydrogens is 679 g/mol.